The van der Waals surface area contributed by atoms with E-state index >= 15 is 0 Å². The lowest BCUT2D eigenvalue weighted by Gasteiger charge is -2.23. The predicted octanol–water partition coefficient (Wildman–Crippen LogP) is 1.67. The third kappa shape index (κ3) is 3.36. The molecule has 0 atom stereocenters. The fourth-order valence-electron chi connectivity index (χ4n) is 1.76. The van der Waals surface area contributed by atoms with E-state index in [0.29, 0.717) is 13.0 Å². The highest BCUT2D eigenvalue weighted by molar-refractivity contribution is 5.87. The number of likely N-dealkylation sites (tertiary alicyclic amines) is 1. The van der Waals surface area contributed by atoms with Gasteiger partial charge in [0.05, 0.1) is 6.54 Å². The van der Waals surface area contributed by atoms with Gasteiger partial charge in [-0.2, -0.15) is 0 Å². The molecule has 1 fully saturated rings. The van der Waals surface area contributed by atoms with E-state index in [9.17, 15) is 9.59 Å². The molecule has 0 spiro atoms. The third-order valence-corrected chi connectivity index (χ3v) is 3.11. The maximum atomic E-state index is 11.8. The Bertz CT molecular complexity index is 320. The maximum Gasteiger partial charge on any atom is 0.332 e. The van der Waals surface area contributed by atoms with Crippen molar-refractivity contribution in [1.29, 1.82) is 0 Å². The molecule has 16 heavy (non-hydrogen) atoms. The highest BCUT2D eigenvalue weighted by Crippen LogP contribution is 2.30. The molecule has 0 aromatic heterocycles. The minimum absolute atomic E-state index is 0.0352. The summed E-state index contributed by atoms with van der Waals surface area (Å²) in [4.78, 5) is 24.0. The highest BCUT2D eigenvalue weighted by atomic mass is 16.4. The van der Waals surface area contributed by atoms with Crippen LogP contribution in [0.25, 0.3) is 0 Å². The van der Waals surface area contributed by atoms with Crippen molar-refractivity contribution in [1.82, 2.24) is 4.90 Å². The van der Waals surface area contributed by atoms with E-state index in [2.05, 4.69) is 20.4 Å². The van der Waals surface area contributed by atoms with Gasteiger partial charge in [0.15, 0.2) is 0 Å². The van der Waals surface area contributed by atoms with Gasteiger partial charge in [-0.05, 0) is 18.3 Å². The number of nitrogens with zero attached hydrogens (tertiary/aromatic N) is 1. The summed E-state index contributed by atoms with van der Waals surface area (Å²) >= 11 is 0. The predicted molar refractivity (Wildman–Crippen MR) is 61.0 cm³/mol. The Morgan fingerprint density at radius 3 is 2.69 bits per heavy atom. The molecule has 0 aliphatic carbocycles. The summed E-state index contributed by atoms with van der Waals surface area (Å²) in [5.74, 6) is -0.996. The fourth-order valence-corrected chi connectivity index (χ4v) is 1.76. The number of carbonyl (C=O) groups excluding carboxylic acids is 1. The molecule has 1 heterocycles. The lowest BCUT2D eigenvalue weighted by Crippen LogP contribution is -2.33. The number of carboxylic acid groups (broad SMARTS) is 1. The molecule has 1 amide bonds. The highest BCUT2D eigenvalue weighted by Gasteiger charge is 2.27. The third-order valence-electron chi connectivity index (χ3n) is 3.11. The van der Waals surface area contributed by atoms with Crippen LogP contribution in [-0.4, -0.2) is 35.0 Å². The van der Waals surface area contributed by atoms with Crippen LogP contribution in [0.5, 0.6) is 0 Å². The van der Waals surface area contributed by atoms with Gasteiger partial charge in [-0.25, -0.2) is 4.79 Å². The second-order valence-corrected chi connectivity index (χ2v) is 5.14. The Balaban J connectivity index is 2.63. The van der Waals surface area contributed by atoms with Gasteiger partial charge >= 0.3 is 5.97 Å². The zero-order chi connectivity index (χ0) is 12.3. The smallest absolute Gasteiger partial charge is 0.332 e. The number of carbonyl (C=O) groups is 2. The van der Waals surface area contributed by atoms with Crippen LogP contribution in [0.2, 0.25) is 0 Å². The molecule has 0 saturated carbocycles. The van der Waals surface area contributed by atoms with E-state index in [4.69, 9.17) is 5.11 Å². The molecule has 1 N–H and O–H groups in total. The first-order valence-electron chi connectivity index (χ1n) is 5.51. The molecular formula is C12H19NO3. The van der Waals surface area contributed by atoms with Crippen LogP contribution in [0.15, 0.2) is 12.2 Å². The van der Waals surface area contributed by atoms with E-state index in [1.165, 1.54) is 0 Å². The zero-order valence-corrected chi connectivity index (χ0v) is 9.95. The maximum absolute atomic E-state index is 11.8. The Kier molecular flexibility index (Phi) is 3.73. The van der Waals surface area contributed by atoms with E-state index in [0.717, 1.165) is 12.8 Å². The second kappa shape index (κ2) is 4.68. The van der Waals surface area contributed by atoms with Gasteiger partial charge in [0.2, 0.25) is 5.91 Å². The van der Waals surface area contributed by atoms with Crippen LogP contribution >= 0.6 is 0 Å². The largest absolute Gasteiger partial charge is 0.478 e. The van der Waals surface area contributed by atoms with Crippen LogP contribution in [0, 0.1) is 5.41 Å². The SMILES string of the molecule is C=C(CN1CCC(C)(C)CCC1=O)C(=O)O. The van der Waals surface area contributed by atoms with Crippen molar-refractivity contribution in [3.63, 3.8) is 0 Å². The van der Waals surface area contributed by atoms with Gasteiger partial charge in [0.25, 0.3) is 0 Å². The van der Waals surface area contributed by atoms with Crippen LogP contribution in [0.3, 0.4) is 0 Å². The molecular weight excluding hydrogens is 206 g/mol. The monoisotopic (exact) mass is 225 g/mol. The molecule has 0 aromatic carbocycles. The Hall–Kier alpha value is -1.32. The van der Waals surface area contributed by atoms with E-state index in [1.54, 1.807) is 4.90 Å². The summed E-state index contributed by atoms with van der Waals surface area (Å²) < 4.78 is 0. The summed E-state index contributed by atoms with van der Waals surface area (Å²) in [7, 11) is 0. The van der Waals surface area contributed by atoms with Gasteiger partial charge in [0, 0.05) is 18.5 Å². The number of rotatable bonds is 3. The standard InChI is InChI=1S/C12H19NO3/c1-9(11(15)16)8-13-7-6-12(2,3)5-4-10(13)14/h1,4-8H2,2-3H3,(H,15,16). The summed E-state index contributed by atoms with van der Waals surface area (Å²) in [6.07, 6.45) is 2.27. The number of hydrogen-bond donors (Lipinski definition) is 1. The van der Waals surface area contributed by atoms with Crippen molar-refractivity contribution >= 4 is 11.9 Å². The van der Waals surface area contributed by atoms with Crippen LogP contribution in [0.1, 0.15) is 33.1 Å². The minimum Gasteiger partial charge on any atom is -0.478 e. The van der Waals surface area contributed by atoms with Crippen LogP contribution < -0.4 is 0 Å². The lowest BCUT2D eigenvalue weighted by atomic mass is 9.85. The van der Waals surface area contributed by atoms with Crippen molar-refractivity contribution in [2.75, 3.05) is 13.1 Å². The van der Waals surface area contributed by atoms with Gasteiger partial charge < -0.3 is 10.0 Å². The summed E-state index contributed by atoms with van der Waals surface area (Å²) in [6, 6.07) is 0. The molecule has 1 aliphatic heterocycles. The molecule has 1 rings (SSSR count). The average molecular weight is 225 g/mol. The summed E-state index contributed by atoms with van der Waals surface area (Å²) in [5, 5.41) is 8.73. The van der Waals surface area contributed by atoms with Gasteiger partial charge in [-0.3, -0.25) is 4.79 Å². The molecule has 4 heteroatoms. The first-order valence-corrected chi connectivity index (χ1v) is 5.51. The Morgan fingerprint density at radius 2 is 2.12 bits per heavy atom. The fraction of sp³-hybridized carbons (Fsp3) is 0.667. The number of aliphatic carboxylic acids is 1. The van der Waals surface area contributed by atoms with Crippen molar-refractivity contribution < 1.29 is 14.7 Å². The average Bonchev–Trinajstić information content (AvgIpc) is 2.30. The zero-order valence-electron chi connectivity index (χ0n) is 9.95. The molecule has 1 saturated heterocycles. The summed E-state index contributed by atoms with van der Waals surface area (Å²) in [5.41, 5.74) is 0.239. The van der Waals surface area contributed by atoms with Gasteiger partial charge in [-0.1, -0.05) is 20.4 Å². The van der Waals surface area contributed by atoms with E-state index < -0.39 is 5.97 Å². The molecule has 0 bridgehead atoms. The van der Waals surface area contributed by atoms with Crippen LogP contribution in [-0.2, 0) is 9.59 Å². The Morgan fingerprint density at radius 1 is 1.50 bits per heavy atom. The van der Waals surface area contributed by atoms with Crippen molar-refractivity contribution in [2.45, 2.75) is 33.1 Å². The molecule has 90 valence electrons. The number of carboxylic acids is 1. The number of hydrogen-bond acceptors (Lipinski definition) is 2. The minimum atomic E-state index is -1.03. The topological polar surface area (TPSA) is 57.6 Å². The normalized spacial score (nSPS) is 20.4. The Labute approximate surface area is 95.9 Å². The molecule has 0 radical (unpaired) electrons. The first kappa shape index (κ1) is 12.7. The first-order chi connectivity index (χ1) is 7.32. The van der Waals surface area contributed by atoms with E-state index in [1.807, 2.05) is 0 Å². The quantitative estimate of drug-likeness (QED) is 0.743. The molecule has 1 aliphatic rings. The number of amides is 1. The molecule has 0 unspecified atom stereocenters. The lowest BCUT2D eigenvalue weighted by molar-refractivity contribution is -0.133. The molecule has 4 nitrogen and oxygen atoms in total. The van der Waals surface area contributed by atoms with Crippen molar-refractivity contribution in [3.8, 4) is 0 Å². The van der Waals surface area contributed by atoms with Crippen LogP contribution in [0.4, 0.5) is 0 Å². The summed E-state index contributed by atoms with van der Waals surface area (Å²) in [6.45, 7) is 8.49. The van der Waals surface area contributed by atoms with Crippen molar-refractivity contribution in [2.24, 2.45) is 5.41 Å². The van der Waals surface area contributed by atoms with Gasteiger partial charge in [0.1, 0.15) is 0 Å². The van der Waals surface area contributed by atoms with E-state index in [-0.39, 0.29) is 23.4 Å². The molecule has 0 aromatic rings. The van der Waals surface area contributed by atoms with Crippen molar-refractivity contribution in [3.05, 3.63) is 12.2 Å². The second-order valence-electron chi connectivity index (χ2n) is 5.14. The van der Waals surface area contributed by atoms with Gasteiger partial charge in [-0.15, -0.1) is 0 Å².